The van der Waals surface area contributed by atoms with E-state index in [1.54, 1.807) is 0 Å². The van der Waals surface area contributed by atoms with Crippen molar-refractivity contribution >= 4 is 34.5 Å². The number of hydrogen-bond acceptors (Lipinski definition) is 2. The van der Waals surface area contributed by atoms with Crippen LogP contribution in [-0.4, -0.2) is 16.5 Å². The van der Waals surface area contributed by atoms with Crippen LogP contribution < -0.4 is 4.90 Å². The summed E-state index contributed by atoms with van der Waals surface area (Å²) in [6.45, 7) is 0.945. The number of pyridine rings is 1. The first-order valence-corrected chi connectivity index (χ1v) is 9.08. The maximum atomic E-state index is 6.00. The van der Waals surface area contributed by atoms with Gasteiger partial charge in [-0.2, -0.15) is 0 Å². The molecule has 0 saturated carbocycles. The second kappa shape index (κ2) is 6.95. The lowest BCUT2D eigenvalue weighted by atomic mass is 9.98. The van der Waals surface area contributed by atoms with Gasteiger partial charge in [0.2, 0.25) is 0 Å². The highest BCUT2D eigenvalue weighted by Crippen LogP contribution is 2.34. The fourth-order valence-corrected chi connectivity index (χ4v) is 3.90. The van der Waals surface area contributed by atoms with Crippen LogP contribution in [0.2, 0.25) is 5.02 Å². The lowest BCUT2D eigenvalue weighted by Gasteiger charge is -2.20. The Morgan fingerprint density at radius 2 is 1.52 bits per heavy atom. The smallest absolute Gasteiger partial charge is 0.0900 e. The van der Waals surface area contributed by atoms with Crippen LogP contribution in [0.1, 0.15) is 17.9 Å². The molecule has 1 aliphatic rings. The molecule has 1 unspecified atom stereocenters. The molecule has 2 aromatic carbocycles. The monoisotopic (exact) mass is 364 g/mol. The highest BCUT2D eigenvalue weighted by Gasteiger charge is 2.30. The fraction of sp³-hybridized carbons (Fsp3) is 0.143. The van der Waals surface area contributed by atoms with E-state index >= 15 is 0 Å². The van der Waals surface area contributed by atoms with E-state index in [0.717, 1.165) is 28.7 Å². The van der Waals surface area contributed by atoms with Gasteiger partial charge < -0.3 is 4.90 Å². The summed E-state index contributed by atoms with van der Waals surface area (Å²) in [7, 11) is 0. The first-order chi connectivity index (χ1) is 12.2. The Labute approximate surface area is 158 Å². The minimum absolute atomic E-state index is 0.284. The molecule has 1 fully saturated rings. The molecule has 4 heteroatoms. The number of halogens is 1. The molecule has 0 bridgehead atoms. The molecule has 0 radical (unpaired) electrons. The standard InChI is InChI=1S/C21H17ClN2S/c22-18-5-1-17(2-6-18)20-11-14-24(21(20)25)19-7-3-15(4-8-19)16-9-12-23-13-10-16/h1-10,12-13,20H,11,14H2. The molecule has 1 saturated heterocycles. The number of aromatic nitrogens is 1. The summed E-state index contributed by atoms with van der Waals surface area (Å²) in [5.41, 5.74) is 4.75. The topological polar surface area (TPSA) is 16.1 Å². The Bertz CT molecular complexity index is 876. The zero-order valence-electron chi connectivity index (χ0n) is 13.6. The molecule has 25 heavy (non-hydrogen) atoms. The summed E-state index contributed by atoms with van der Waals surface area (Å²) < 4.78 is 0. The van der Waals surface area contributed by atoms with E-state index in [-0.39, 0.29) is 5.92 Å². The van der Waals surface area contributed by atoms with Crippen molar-refractivity contribution in [3.63, 3.8) is 0 Å². The second-order valence-electron chi connectivity index (χ2n) is 6.17. The third-order valence-corrected chi connectivity index (χ3v) is 5.43. The minimum Gasteiger partial charge on any atom is -0.335 e. The molecular formula is C21H17ClN2S. The molecule has 2 nitrogen and oxygen atoms in total. The highest BCUT2D eigenvalue weighted by molar-refractivity contribution is 7.80. The molecule has 3 aromatic rings. The molecule has 0 aliphatic carbocycles. The van der Waals surface area contributed by atoms with Gasteiger partial charge in [0, 0.05) is 35.6 Å². The largest absolute Gasteiger partial charge is 0.335 e. The van der Waals surface area contributed by atoms with E-state index in [4.69, 9.17) is 23.8 Å². The molecule has 1 aromatic heterocycles. The molecule has 2 heterocycles. The van der Waals surface area contributed by atoms with Crippen LogP contribution in [0.4, 0.5) is 5.69 Å². The van der Waals surface area contributed by atoms with Gasteiger partial charge in [0.15, 0.2) is 0 Å². The third-order valence-electron chi connectivity index (χ3n) is 4.67. The zero-order valence-corrected chi connectivity index (χ0v) is 15.2. The maximum Gasteiger partial charge on any atom is 0.0900 e. The average molecular weight is 365 g/mol. The van der Waals surface area contributed by atoms with Crippen molar-refractivity contribution in [3.8, 4) is 11.1 Å². The van der Waals surface area contributed by atoms with Crippen molar-refractivity contribution in [2.45, 2.75) is 12.3 Å². The molecule has 124 valence electrons. The van der Waals surface area contributed by atoms with Gasteiger partial charge in [-0.15, -0.1) is 0 Å². The van der Waals surface area contributed by atoms with Crippen molar-refractivity contribution in [1.82, 2.24) is 4.98 Å². The Morgan fingerprint density at radius 1 is 0.880 bits per heavy atom. The first-order valence-electron chi connectivity index (χ1n) is 8.30. The number of benzene rings is 2. The van der Waals surface area contributed by atoms with Gasteiger partial charge in [-0.25, -0.2) is 0 Å². The van der Waals surface area contributed by atoms with E-state index in [2.05, 4.69) is 46.3 Å². The van der Waals surface area contributed by atoms with E-state index < -0.39 is 0 Å². The van der Waals surface area contributed by atoms with Crippen molar-refractivity contribution in [3.05, 3.63) is 83.6 Å². The average Bonchev–Trinajstić information content (AvgIpc) is 3.05. The maximum absolute atomic E-state index is 6.00. The van der Waals surface area contributed by atoms with Gasteiger partial charge in [0.1, 0.15) is 0 Å². The Kier molecular flexibility index (Phi) is 4.51. The van der Waals surface area contributed by atoms with Crippen molar-refractivity contribution in [1.29, 1.82) is 0 Å². The van der Waals surface area contributed by atoms with Crippen LogP contribution in [0.15, 0.2) is 73.1 Å². The highest BCUT2D eigenvalue weighted by atomic mass is 35.5. The van der Waals surface area contributed by atoms with Crippen molar-refractivity contribution < 1.29 is 0 Å². The van der Waals surface area contributed by atoms with Gasteiger partial charge >= 0.3 is 0 Å². The lowest BCUT2D eigenvalue weighted by Crippen LogP contribution is -2.24. The van der Waals surface area contributed by atoms with Gasteiger partial charge in [0.25, 0.3) is 0 Å². The van der Waals surface area contributed by atoms with Crippen LogP contribution in [0.5, 0.6) is 0 Å². The van der Waals surface area contributed by atoms with Crippen LogP contribution in [0.3, 0.4) is 0 Å². The summed E-state index contributed by atoms with van der Waals surface area (Å²) >= 11 is 11.8. The second-order valence-corrected chi connectivity index (χ2v) is 7.02. The summed E-state index contributed by atoms with van der Waals surface area (Å²) in [4.78, 5) is 7.30. The van der Waals surface area contributed by atoms with Gasteiger partial charge in [0.05, 0.1) is 4.99 Å². The Hall–Kier alpha value is -2.23. The van der Waals surface area contributed by atoms with E-state index in [9.17, 15) is 0 Å². The molecule has 0 amide bonds. The summed E-state index contributed by atoms with van der Waals surface area (Å²) in [5, 5.41) is 0.760. The fourth-order valence-electron chi connectivity index (χ4n) is 3.32. The molecule has 0 spiro atoms. The number of rotatable bonds is 3. The predicted octanol–water partition coefficient (Wildman–Crippen LogP) is 5.72. The molecule has 4 rings (SSSR count). The number of hydrogen-bond donors (Lipinski definition) is 0. The van der Waals surface area contributed by atoms with E-state index in [1.165, 1.54) is 16.7 Å². The van der Waals surface area contributed by atoms with Crippen LogP contribution in [-0.2, 0) is 0 Å². The lowest BCUT2D eigenvalue weighted by molar-refractivity contribution is 0.858. The van der Waals surface area contributed by atoms with Gasteiger partial charge in [-0.05, 0) is 59.5 Å². The summed E-state index contributed by atoms with van der Waals surface area (Å²) in [6, 6.07) is 20.6. The predicted molar refractivity (Wildman–Crippen MR) is 108 cm³/mol. The van der Waals surface area contributed by atoms with Gasteiger partial charge in [-0.3, -0.25) is 4.98 Å². The minimum atomic E-state index is 0.284. The molecule has 1 atom stereocenters. The van der Waals surface area contributed by atoms with Crippen LogP contribution in [0.25, 0.3) is 11.1 Å². The van der Waals surface area contributed by atoms with Crippen LogP contribution >= 0.6 is 23.8 Å². The van der Waals surface area contributed by atoms with E-state index in [0.29, 0.717) is 0 Å². The number of nitrogens with zero attached hydrogens (tertiary/aromatic N) is 2. The number of thiocarbonyl (C=S) groups is 1. The van der Waals surface area contributed by atoms with Crippen molar-refractivity contribution in [2.75, 3.05) is 11.4 Å². The summed E-state index contributed by atoms with van der Waals surface area (Å²) in [5.74, 6) is 0.284. The third kappa shape index (κ3) is 3.30. The molecular weight excluding hydrogens is 348 g/mol. The van der Waals surface area contributed by atoms with Crippen molar-refractivity contribution in [2.24, 2.45) is 0 Å². The first kappa shape index (κ1) is 16.2. The summed E-state index contributed by atoms with van der Waals surface area (Å²) in [6.07, 6.45) is 4.66. The molecule has 0 N–H and O–H groups in total. The Morgan fingerprint density at radius 3 is 2.20 bits per heavy atom. The Balaban J connectivity index is 1.54. The van der Waals surface area contributed by atoms with Crippen LogP contribution in [0, 0.1) is 0 Å². The molecule has 1 aliphatic heterocycles. The normalized spacial score (nSPS) is 17.1. The quantitative estimate of drug-likeness (QED) is 0.552. The number of anilines is 1. The zero-order chi connectivity index (χ0) is 17.2. The SMILES string of the molecule is S=C1C(c2ccc(Cl)cc2)CCN1c1ccc(-c2ccncc2)cc1. The van der Waals surface area contributed by atoms with E-state index in [1.807, 2.05) is 36.7 Å². The van der Waals surface area contributed by atoms with Gasteiger partial charge in [-0.1, -0.05) is 48.1 Å².